The van der Waals surface area contributed by atoms with Gasteiger partial charge in [0.1, 0.15) is 17.8 Å². The average molecular weight is 468 g/mol. The standard InChI is InChI=1S/C23H29N3O3.2ClH/c1-17-13-18-5-10-25(2)15-19(18)14-21(17)29-16-23(22(27)28)6-11-26(12-7-23)20-3-8-24-9-4-20;;/h3-4,8-9,13-14H,5-7,10-12,15-16H2,1-2H3,(H,27,28);2*1H. The molecule has 1 aromatic carbocycles. The molecule has 1 aromatic heterocycles. The first-order valence-electron chi connectivity index (χ1n) is 10.3. The molecule has 0 atom stereocenters. The van der Waals surface area contributed by atoms with Crippen molar-refractivity contribution in [3.05, 3.63) is 53.3 Å². The van der Waals surface area contributed by atoms with Gasteiger partial charge in [-0.25, -0.2) is 0 Å². The van der Waals surface area contributed by atoms with E-state index in [9.17, 15) is 9.90 Å². The zero-order valence-corrected chi connectivity index (χ0v) is 19.7. The van der Waals surface area contributed by atoms with Gasteiger partial charge in [-0.05, 0) is 68.1 Å². The van der Waals surface area contributed by atoms with Gasteiger partial charge in [0.25, 0.3) is 0 Å². The van der Waals surface area contributed by atoms with Crippen LogP contribution in [0.15, 0.2) is 36.7 Å². The summed E-state index contributed by atoms with van der Waals surface area (Å²) in [5.41, 5.74) is 4.00. The van der Waals surface area contributed by atoms with Crippen LogP contribution in [0.2, 0.25) is 0 Å². The molecule has 0 amide bonds. The zero-order chi connectivity index (χ0) is 20.4. The van der Waals surface area contributed by atoms with Crippen LogP contribution in [0.3, 0.4) is 0 Å². The molecule has 6 nitrogen and oxygen atoms in total. The molecule has 0 spiro atoms. The van der Waals surface area contributed by atoms with Crippen LogP contribution in [0.4, 0.5) is 5.69 Å². The van der Waals surface area contributed by atoms with Crippen molar-refractivity contribution in [3.63, 3.8) is 0 Å². The Morgan fingerprint density at radius 1 is 1.13 bits per heavy atom. The summed E-state index contributed by atoms with van der Waals surface area (Å²) in [7, 11) is 2.12. The number of aliphatic carboxylic acids is 1. The van der Waals surface area contributed by atoms with E-state index in [0.717, 1.165) is 36.5 Å². The third kappa shape index (κ3) is 5.43. The first-order valence-corrected chi connectivity index (χ1v) is 10.3. The molecular formula is C23H31Cl2N3O3. The Kier molecular flexibility index (Phi) is 8.57. The van der Waals surface area contributed by atoms with E-state index < -0.39 is 11.4 Å². The van der Waals surface area contributed by atoms with Gasteiger partial charge in [0.2, 0.25) is 0 Å². The normalized spacial score (nSPS) is 17.7. The number of ether oxygens (including phenoxy) is 1. The van der Waals surface area contributed by atoms with Crippen LogP contribution in [0.1, 0.15) is 29.5 Å². The molecule has 0 radical (unpaired) electrons. The number of nitrogens with zero attached hydrogens (tertiary/aromatic N) is 3. The van der Waals surface area contributed by atoms with Crippen LogP contribution in [0.25, 0.3) is 0 Å². The van der Waals surface area contributed by atoms with Crippen LogP contribution >= 0.6 is 24.8 Å². The number of fused-ring (bicyclic) bond motifs is 1. The number of pyridine rings is 1. The van der Waals surface area contributed by atoms with Gasteiger partial charge >= 0.3 is 5.97 Å². The van der Waals surface area contributed by atoms with E-state index in [0.29, 0.717) is 25.9 Å². The van der Waals surface area contributed by atoms with Gasteiger partial charge in [0.05, 0.1) is 0 Å². The monoisotopic (exact) mass is 467 g/mol. The average Bonchev–Trinajstić information content (AvgIpc) is 2.73. The van der Waals surface area contributed by atoms with Gasteiger partial charge in [-0.1, -0.05) is 6.07 Å². The Labute approximate surface area is 196 Å². The molecule has 31 heavy (non-hydrogen) atoms. The van der Waals surface area contributed by atoms with Gasteiger partial charge in [-0.3, -0.25) is 9.78 Å². The van der Waals surface area contributed by atoms with E-state index >= 15 is 0 Å². The summed E-state index contributed by atoms with van der Waals surface area (Å²) in [4.78, 5) is 20.8. The summed E-state index contributed by atoms with van der Waals surface area (Å²) in [6.07, 6.45) is 5.73. The number of piperidine rings is 1. The van der Waals surface area contributed by atoms with Crippen molar-refractivity contribution >= 4 is 36.5 Å². The van der Waals surface area contributed by atoms with E-state index in [1.165, 1.54) is 11.1 Å². The lowest BCUT2D eigenvalue weighted by molar-refractivity contribution is -0.152. The number of likely N-dealkylation sites (N-methyl/N-ethyl adjacent to an activating group) is 1. The van der Waals surface area contributed by atoms with Crippen LogP contribution in [-0.4, -0.2) is 54.2 Å². The van der Waals surface area contributed by atoms with Gasteiger partial charge < -0.3 is 19.6 Å². The molecule has 8 heteroatoms. The number of aromatic nitrogens is 1. The summed E-state index contributed by atoms with van der Waals surface area (Å²) in [6, 6.07) is 8.26. The van der Waals surface area contributed by atoms with Gasteiger partial charge in [-0.2, -0.15) is 0 Å². The molecule has 0 bridgehead atoms. The Bertz CT molecular complexity index is 887. The largest absolute Gasteiger partial charge is 0.492 e. The van der Waals surface area contributed by atoms with Crippen LogP contribution in [0, 0.1) is 12.3 Å². The maximum absolute atomic E-state index is 12.2. The molecule has 1 saturated heterocycles. The van der Waals surface area contributed by atoms with Crippen LogP contribution in [-0.2, 0) is 17.8 Å². The number of benzene rings is 1. The first kappa shape index (κ1) is 25.2. The number of carbonyl (C=O) groups is 1. The fourth-order valence-corrected chi connectivity index (χ4v) is 4.39. The summed E-state index contributed by atoms with van der Waals surface area (Å²) in [5.74, 6) is 0.0541. The maximum atomic E-state index is 12.2. The molecule has 1 fully saturated rings. The second kappa shape index (κ2) is 10.5. The third-order valence-corrected chi connectivity index (χ3v) is 6.41. The second-order valence-electron chi connectivity index (χ2n) is 8.44. The van der Waals surface area contributed by atoms with Crippen molar-refractivity contribution in [1.82, 2.24) is 9.88 Å². The topological polar surface area (TPSA) is 65.9 Å². The lowest BCUT2D eigenvalue weighted by Crippen LogP contribution is -2.47. The van der Waals surface area contributed by atoms with Crippen molar-refractivity contribution in [2.75, 3.05) is 38.2 Å². The highest BCUT2D eigenvalue weighted by molar-refractivity contribution is 5.85. The second-order valence-corrected chi connectivity index (χ2v) is 8.44. The molecule has 1 N–H and O–H groups in total. The smallest absolute Gasteiger partial charge is 0.313 e. The predicted molar refractivity (Wildman–Crippen MR) is 127 cm³/mol. The maximum Gasteiger partial charge on any atom is 0.313 e. The Balaban J connectivity index is 0.00000171. The molecule has 170 valence electrons. The van der Waals surface area contributed by atoms with Crippen molar-refractivity contribution in [3.8, 4) is 5.75 Å². The lowest BCUT2D eigenvalue weighted by Gasteiger charge is -2.39. The van der Waals surface area contributed by atoms with Gasteiger partial charge in [0, 0.05) is 44.3 Å². The van der Waals surface area contributed by atoms with Crippen LogP contribution in [0.5, 0.6) is 5.75 Å². The lowest BCUT2D eigenvalue weighted by atomic mass is 9.79. The fraction of sp³-hybridized carbons (Fsp3) is 0.478. The van der Waals surface area contributed by atoms with E-state index in [-0.39, 0.29) is 31.4 Å². The summed E-state index contributed by atoms with van der Waals surface area (Å²) in [6.45, 7) is 5.65. The van der Waals surface area contributed by atoms with Crippen molar-refractivity contribution in [2.45, 2.75) is 32.7 Å². The Morgan fingerprint density at radius 3 is 2.45 bits per heavy atom. The number of hydrogen-bond acceptors (Lipinski definition) is 5. The minimum Gasteiger partial charge on any atom is -0.492 e. The number of halogens is 2. The summed E-state index contributed by atoms with van der Waals surface area (Å²) < 4.78 is 6.16. The van der Waals surface area contributed by atoms with Gasteiger partial charge in [-0.15, -0.1) is 24.8 Å². The molecule has 0 aliphatic carbocycles. The minimum absolute atomic E-state index is 0. The zero-order valence-electron chi connectivity index (χ0n) is 18.0. The van der Waals surface area contributed by atoms with Gasteiger partial charge in [0.15, 0.2) is 0 Å². The molecule has 2 aliphatic heterocycles. The molecule has 0 saturated carbocycles. The highest BCUT2D eigenvalue weighted by atomic mass is 35.5. The Morgan fingerprint density at radius 2 is 1.81 bits per heavy atom. The molecule has 2 aliphatic rings. The summed E-state index contributed by atoms with van der Waals surface area (Å²) in [5, 5.41) is 10.0. The van der Waals surface area contributed by atoms with E-state index in [2.05, 4.69) is 34.0 Å². The fourth-order valence-electron chi connectivity index (χ4n) is 4.39. The van der Waals surface area contributed by atoms with Crippen molar-refractivity contribution in [2.24, 2.45) is 5.41 Å². The quantitative estimate of drug-likeness (QED) is 0.717. The van der Waals surface area contributed by atoms with E-state index in [1.54, 1.807) is 12.4 Å². The molecule has 2 aromatic rings. The predicted octanol–water partition coefficient (Wildman–Crippen LogP) is 3.97. The third-order valence-electron chi connectivity index (χ3n) is 6.41. The SMILES string of the molecule is Cc1cc2c(cc1OCC1(C(=O)O)CCN(c3ccncc3)CC1)CN(C)CC2.Cl.Cl. The Hall–Kier alpha value is -2.02. The number of anilines is 1. The number of rotatable bonds is 5. The number of hydrogen-bond donors (Lipinski definition) is 1. The summed E-state index contributed by atoms with van der Waals surface area (Å²) >= 11 is 0. The van der Waals surface area contributed by atoms with E-state index in [1.807, 2.05) is 19.1 Å². The minimum atomic E-state index is -0.845. The van der Waals surface area contributed by atoms with E-state index in [4.69, 9.17) is 4.74 Å². The highest BCUT2D eigenvalue weighted by Crippen LogP contribution is 2.36. The van der Waals surface area contributed by atoms with Crippen molar-refractivity contribution < 1.29 is 14.6 Å². The number of carboxylic acids is 1. The number of carboxylic acid groups (broad SMARTS) is 1. The van der Waals surface area contributed by atoms with Crippen molar-refractivity contribution in [1.29, 1.82) is 0 Å². The highest BCUT2D eigenvalue weighted by Gasteiger charge is 2.42. The molecule has 4 rings (SSSR count). The van der Waals surface area contributed by atoms with Crippen LogP contribution < -0.4 is 9.64 Å². The molecule has 0 unspecified atom stereocenters. The molecule has 3 heterocycles. The number of aryl methyl sites for hydroxylation is 1. The molecular weight excluding hydrogens is 437 g/mol. The first-order chi connectivity index (χ1) is 14.0.